The van der Waals surface area contributed by atoms with Crippen LogP contribution in [0.4, 0.5) is 0 Å². The number of nitrogens with zero attached hydrogens (tertiary/aromatic N) is 2. The minimum absolute atomic E-state index is 0.319. The second-order valence-corrected chi connectivity index (χ2v) is 3.86. The van der Waals surface area contributed by atoms with Gasteiger partial charge in [0.1, 0.15) is 0 Å². The van der Waals surface area contributed by atoms with Crippen molar-refractivity contribution in [2.24, 2.45) is 0 Å². The van der Waals surface area contributed by atoms with Crippen LogP contribution in [-0.4, -0.2) is 28.5 Å². The molecule has 0 amide bonds. The molecule has 4 heteroatoms. The maximum atomic E-state index is 5.48. The maximum absolute atomic E-state index is 5.48. The van der Waals surface area contributed by atoms with Gasteiger partial charge in [-0.15, -0.1) is 0 Å². The molecule has 1 aromatic heterocycles. The third kappa shape index (κ3) is 2.46. The molecule has 1 saturated heterocycles. The van der Waals surface area contributed by atoms with E-state index in [4.69, 9.17) is 4.74 Å². The number of aromatic nitrogens is 2. The summed E-state index contributed by atoms with van der Waals surface area (Å²) in [5.41, 5.74) is 1.18. The first-order valence-electron chi connectivity index (χ1n) is 5.30. The van der Waals surface area contributed by atoms with E-state index in [1.54, 1.807) is 10.9 Å². The van der Waals surface area contributed by atoms with E-state index < -0.39 is 0 Å². The molecule has 0 spiro atoms. The van der Waals surface area contributed by atoms with E-state index in [2.05, 4.69) is 23.9 Å². The van der Waals surface area contributed by atoms with Gasteiger partial charge in [-0.2, -0.15) is 5.10 Å². The lowest BCUT2D eigenvalue weighted by atomic mass is 10.1. The van der Waals surface area contributed by atoms with Gasteiger partial charge >= 0.3 is 0 Å². The van der Waals surface area contributed by atoms with E-state index in [-0.39, 0.29) is 0 Å². The van der Waals surface area contributed by atoms with Crippen LogP contribution >= 0.6 is 0 Å². The summed E-state index contributed by atoms with van der Waals surface area (Å²) in [6.07, 6.45) is 6.93. The average Bonchev–Trinajstić information content (AvgIpc) is 2.84. The topological polar surface area (TPSA) is 39.1 Å². The van der Waals surface area contributed by atoms with Crippen LogP contribution in [0.1, 0.15) is 18.9 Å². The van der Waals surface area contributed by atoms with Crippen molar-refractivity contribution in [3.63, 3.8) is 0 Å². The molecule has 1 fully saturated rings. The van der Waals surface area contributed by atoms with Crippen LogP contribution < -0.4 is 5.32 Å². The molecule has 0 saturated carbocycles. The number of rotatable bonds is 4. The lowest BCUT2D eigenvalue weighted by Gasteiger charge is -2.14. The highest BCUT2D eigenvalue weighted by Crippen LogP contribution is 2.13. The molecule has 2 heterocycles. The molecule has 4 nitrogen and oxygen atoms in total. The quantitative estimate of drug-likeness (QED) is 0.807. The Labute approximate surface area is 89.9 Å². The van der Waals surface area contributed by atoms with Crippen molar-refractivity contribution in [3.05, 3.63) is 24.5 Å². The summed E-state index contributed by atoms with van der Waals surface area (Å²) in [7, 11) is 0. The van der Waals surface area contributed by atoms with E-state index in [0.717, 1.165) is 19.6 Å². The Balaban J connectivity index is 1.84. The second kappa shape index (κ2) is 4.59. The zero-order chi connectivity index (χ0) is 10.7. The van der Waals surface area contributed by atoms with E-state index in [9.17, 15) is 0 Å². The van der Waals surface area contributed by atoms with Crippen molar-refractivity contribution in [2.45, 2.75) is 32.0 Å². The zero-order valence-corrected chi connectivity index (χ0v) is 9.02. The van der Waals surface area contributed by atoms with E-state index >= 15 is 0 Å². The fraction of sp³-hybridized carbons (Fsp3) is 0.545. The molecule has 82 valence electrons. The van der Waals surface area contributed by atoms with Gasteiger partial charge in [-0.1, -0.05) is 6.58 Å². The van der Waals surface area contributed by atoms with Crippen molar-refractivity contribution in [3.8, 4) is 0 Å². The molecule has 2 atom stereocenters. The van der Waals surface area contributed by atoms with Gasteiger partial charge in [0, 0.05) is 37.2 Å². The van der Waals surface area contributed by atoms with Crippen LogP contribution in [0.3, 0.4) is 0 Å². The lowest BCUT2D eigenvalue weighted by molar-refractivity contribution is 0.113. The normalized spacial score (nSPS) is 25.7. The van der Waals surface area contributed by atoms with E-state index in [1.807, 2.05) is 12.4 Å². The Hall–Kier alpha value is -1.13. The number of nitrogens with one attached hydrogen (secondary N) is 1. The average molecular weight is 207 g/mol. The van der Waals surface area contributed by atoms with Crippen LogP contribution in [0.2, 0.25) is 0 Å². The third-order valence-electron chi connectivity index (χ3n) is 2.79. The van der Waals surface area contributed by atoms with Gasteiger partial charge in [0.25, 0.3) is 0 Å². The van der Waals surface area contributed by atoms with Crippen LogP contribution in [-0.2, 0) is 11.3 Å². The first-order valence-corrected chi connectivity index (χ1v) is 5.30. The molecule has 0 bridgehead atoms. The molecule has 15 heavy (non-hydrogen) atoms. The molecule has 1 aromatic rings. The summed E-state index contributed by atoms with van der Waals surface area (Å²) in [4.78, 5) is 0. The van der Waals surface area contributed by atoms with Crippen LogP contribution in [0.25, 0.3) is 6.20 Å². The summed E-state index contributed by atoms with van der Waals surface area (Å²) in [5, 5.41) is 7.60. The van der Waals surface area contributed by atoms with Crippen molar-refractivity contribution >= 4 is 6.20 Å². The monoisotopic (exact) mass is 207 g/mol. The summed E-state index contributed by atoms with van der Waals surface area (Å²) in [6, 6.07) is 0.470. The second-order valence-electron chi connectivity index (χ2n) is 3.86. The highest BCUT2D eigenvalue weighted by molar-refractivity contribution is 5.17. The Bertz CT molecular complexity index is 334. The van der Waals surface area contributed by atoms with Crippen LogP contribution in [0.15, 0.2) is 19.0 Å². The minimum Gasteiger partial charge on any atom is -0.377 e. The zero-order valence-electron chi connectivity index (χ0n) is 9.02. The number of ether oxygens (including phenoxy) is 1. The third-order valence-corrected chi connectivity index (χ3v) is 2.79. The Kier molecular flexibility index (Phi) is 3.18. The SMILES string of the molecule is C=Cn1cc(CNC2CCOC2C)cn1. The molecule has 2 rings (SSSR count). The molecule has 0 radical (unpaired) electrons. The van der Waals surface area contributed by atoms with Gasteiger partial charge < -0.3 is 10.1 Å². The van der Waals surface area contributed by atoms with Crippen molar-refractivity contribution in [1.82, 2.24) is 15.1 Å². The molecule has 2 unspecified atom stereocenters. The van der Waals surface area contributed by atoms with Crippen molar-refractivity contribution < 1.29 is 4.74 Å². The van der Waals surface area contributed by atoms with Gasteiger partial charge in [0.05, 0.1) is 12.3 Å². The van der Waals surface area contributed by atoms with Crippen LogP contribution in [0, 0.1) is 0 Å². The smallest absolute Gasteiger partial charge is 0.0700 e. The standard InChI is InChI=1S/C11H17N3O/c1-3-14-8-10(7-13-14)6-12-11-4-5-15-9(11)2/h3,7-9,11-12H,1,4-6H2,2H3. The summed E-state index contributed by atoms with van der Waals surface area (Å²) >= 11 is 0. The Morgan fingerprint density at radius 3 is 3.27 bits per heavy atom. The molecular formula is C11H17N3O. The summed E-state index contributed by atoms with van der Waals surface area (Å²) < 4.78 is 7.19. The van der Waals surface area contributed by atoms with Gasteiger partial charge in [-0.25, -0.2) is 4.68 Å². The van der Waals surface area contributed by atoms with Gasteiger partial charge in [0.15, 0.2) is 0 Å². The predicted octanol–water partition coefficient (Wildman–Crippen LogP) is 1.25. The first kappa shape index (κ1) is 10.4. The first-order chi connectivity index (χ1) is 7.29. The summed E-state index contributed by atoms with van der Waals surface area (Å²) in [5.74, 6) is 0. The largest absolute Gasteiger partial charge is 0.377 e. The fourth-order valence-corrected chi connectivity index (χ4v) is 1.82. The molecule has 1 aliphatic heterocycles. The minimum atomic E-state index is 0.319. The van der Waals surface area contributed by atoms with Gasteiger partial charge in [-0.05, 0) is 13.3 Å². The predicted molar refractivity (Wildman–Crippen MR) is 59.3 cm³/mol. The van der Waals surface area contributed by atoms with Crippen molar-refractivity contribution in [1.29, 1.82) is 0 Å². The maximum Gasteiger partial charge on any atom is 0.0700 e. The Morgan fingerprint density at radius 1 is 1.80 bits per heavy atom. The highest BCUT2D eigenvalue weighted by Gasteiger charge is 2.23. The summed E-state index contributed by atoms with van der Waals surface area (Å²) in [6.45, 7) is 7.47. The van der Waals surface area contributed by atoms with E-state index in [0.29, 0.717) is 12.1 Å². The van der Waals surface area contributed by atoms with Gasteiger partial charge in [0.2, 0.25) is 0 Å². The Morgan fingerprint density at radius 2 is 2.67 bits per heavy atom. The molecule has 1 aliphatic rings. The van der Waals surface area contributed by atoms with E-state index in [1.165, 1.54) is 5.56 Å². The fourth-order valence-electron chi connectivity index (χ4n) is 1.82. The van der Waals surface area contributed by atoms with Crippen LogP contribution in [0.5, 0.6) is 0 Å². The van der Waals surface area contributed by atoms with Crippen molar-refractivity contribution in [2.75, 3.05) is 6.61 Å². The molecule has 1 N–H and O–H groups in total. The molecule has 0 aliphatic carbocycles. The lowest BCUT2D eigenvalue weighted by Crippen LogP contribution is -2.34. The van der Waals surface area contributed by atoms with Gasteiger partial charge in [-0.3, -0.25) is 0 Å². The molecule has 0 aromatic carbocycles. The number of hydrogen-bond donors (Lipinski definition) is 1. The highest BCUT2D eigenvalue weighted by atomic mass is 16.5. The number of hydrogen-bond acceptors (Lipinski definition) is 3. The molecular weight excluding hydrogens is 190 g/mol.